The number of hydrogen-bond acceptors (Lipinski definition) is 5. The molecule has 3 saturated heterocycles. The second-order valence-electron chi connectivity index (χ2n) is 10.1. The first-order valence-electron chi connectivity index (χ1n) is 10.7. The van der Waals surface area contributed by atoms with Crippen molar-refractivity contribution in [2.45, 2.75) is 57.1 Å². The lowest BCUT2D eigenvalue weighted by Gasteiger charge is -2.61. The van der Waals surface area contributed by atoms with Crippen molar-refractivity contribution < 1.29 is 19.4 Å². The molecule has 4 aliphatic carbocycles. The fourth-order valence-corrected chi connectivity index (χ4v) is 8.64. The van der Waals surface area contributed by atoms with Crippen LogP contribution in [-0.2, 0) is 14.3 Å². The van der Waals surface area contributed by atoms with Crippen molar-refractivity contribution in [3.05, 3.63) is 11.1 Å². The molecule has 27 heavy (non-hydrogen) atoms. The van der Waals surface area contributed by atoms with Gasteiger partial charge in [0.25, 0.3) is 0 Å². The summed E-state index contributed by atoms with van der Waals surface area (Å²) in [5, 5.41) is 11.4. The van der Waals surface area contributed by atoms with E-state index in [1.807, 2.05) is 0 Å². The van der Waals surface area contributed by atoms with Crippen LogP contribution in [0.4, 0.5) is 0 Å². The lowest BCUT2D eigenvalue weighted by Crippen LogP contribution is -2.75. The van der Waals surface area contributed by atoms with Gasteiger partial charge in [-0.2, -0.15) is 0 Å². The molecular formula is C22H29NO4. The van der Waals surface area contributed by atoms with E-state index in [2.05, 4.69) is 11.8 Å². The molecule has 146 valence electrons. The number of esters is 1. The van der Waals surface area contributed by atoms with Gasteiger partial charge < -0.3 is 9.84 Å². The molecule has 0 aromatic heterocycles. The van der Waals surface area contributed by atoms with E-state index < -0.39 is 17.1 Å². The highest BCUT2D eigenvalue weighted by Crippen LogP contribution is 2.71. The minimum Gasteiger partial charge on any atom is -0.469 e. The number of ketones is 1. The number of methoxy groups -OCH3 is 1. The average Bonchev–Trinajstić information content (AvgIpc) is 3.12. The lowest BCUT2D eigenvalue weighted by atomic mass is 9.50. The second kappa shape index (κ2) is 5.04. The van der Waals surface area contributed by atoms with Gasteiger partial charge in [-0.25, -0.2) is 0 Å². The number of Topliss-reactive ketones (excluding diaryl/α,β-unsaturated/α-hetero) is 1. The highest BCUT2D eigenvalue weighted by atomic mass is 16.5. The Labute approximate surface area is 160 Å². The van der Waals surface area contributed by atoms with Gasteiger partial charge in [-0.1, -0.05) is 18.1 Å². The summed E-state index contributed by atoms with van der Waals surface area (Å²) in [7, 11) is 1.46. The number of carbonyl (C=O) groups is 2. The maximum atomic E-state index is 14.3. The summed E-state index contributed by atoms with van der Waals surface area (Å²) in [6, 6.07) is 0. The minimum atomic E-state index is -0.613. The van der Waals surface area contributed by atoms with Gasteiger partial charge in [0.05, 0.1) is 30.1 Å². The number of ether oxygens (including phenoxy) is 1. The smallest absolute Gasteiger partial charge is 0.309 e. The van der Waals surface area contributed by atoms with Crippen LogP contribution in [0.15, 0.2) is 11.1 Å². The van der Waals surface area contributed by atoms with Crippen LogP contribution in [0.5, 0.6) is 0 Å². The third-order valence-corrected chi connectivity index (χ3v) is 9.48. The molecule has 3 aliphatic heterocycles. The van der Waals surface area contributed by atoms with Crippen molar-refractivity contribution in [2.75, 3.05) is 20.2 Å². The molecule has 7 rings (SSSR count). The highest BCUT2D eigenvalue weighted by molar-refractivity contribution is 6.01. The van der Waals surface area contributed by atoms with Gasteiger partial charge in [0.15, 0.2) is 5.78 Å². The number of nitrogens with zero attached hydrogens (tertiary/aromatic N) is 1. The van der Waals surface area contributed by atoms with Crippen LogP contribution in [0.1, 0.15) is 45.4 Å². The predicted molar refractivity (Wildman–Crippen MR) is 97.6 cm³/mol. The predicted octanol–water partition coefficient (Wildman–Crippen LogP) is 1.94. The van der Waals surface area contributed by atoms with E-state index >= 15 is 0 Å². The molecule has 0 unspecified atom stereocenters. The maximum absolute atomic E-state index is 14.3. The highest BCUT2D eigenvalue weighted by Gasteiger charge is 2.76. The molecule has 0 aromatic rings. The van der Waals surface area contributed by atoms with E-state index in [9.17, 15) is 14.7 Å². The number of carbonyl (C=O) groups excluding carboxylic acids is 2. The number of allylic oxidation sites excluding steroid dienone is 2. The number of hydrogen-bond donors (Lipinski definition) is 1. The van der Waals surface area contributed by atoms with Crippen LogP contribution < -0.4 is 0 Å². The van der Waals surface area contributed by atoms with Gasteiger partial charge in [0, 0.05) is 19.0 Å². The molecule has 5 heteroatoms. The summed E-state index contributed by atoms with van der Waals surface area (Å²) in [4.78, 5) is 29.4. The van der Waals surface area contributed by atoms with E-state index in [0.717, 1.165) is 38.8 Å². The Hall–Kier alpha value is -1.20. The van der Waals surface area contributed by atoms with Gasteiger partial charge in [-0.15, -0.1) is 0 Å². The molecule has 1 N–H and O–H groups in total. The zero-order valence-corrected chi connectivity index (χ0v) is 16.2. The van der Waals surface area contributed by atoms with Crippen LogP contribution in [0.2, 0.25) is 0 Å². The van der Waals surface area contributed by atoms with Gasteiger partial charge in [0.1, 0.15) is 0 Å². The van der Waals surface area contributed by atoms with E-state index in [1.165, 1.54) is 18.3 Å². The van der Waals surface area contributed by atoms with E-state index in [4.69, 9.17) is 4.74 Å². The van der Waals surface area contributed by atoms with E-state index in [0.29, 0.717) is 24.5 Å². The molecule has 5 nitrogen and oxygen atoms in total. The van der Waals surface area contributed by atoms with Crippen molar-refractivity contribution in [2.24, 2.45) is 35.0 Å². The van der Waals surface area contributed by atoms with Gasteiger partial charge in [0.2, 0.25) is 0 Å². The Kier molecular flexibility index (Phi) is 3.12. The summed E-state index contributed by atoms with van der Waals surface area (Å²) >= 11 is 0. The minimum absolute atomic E-state index is 0.0174. The van der Waals surface area contributed by atoms with Gasteiger partial charge >= 0.3 is 5.97 Å². The Morgan fingerprint density at radius 3 is 2.74 bits per heavy atom. The first kappa shape index (κ1) is 16.7. The first-order valence-corrected chi connectivity index (χ1v) is 10.7. The molecule has 3 heterocycles. The van der Waals surface area contributed by atoms with Crippen LogP contribution in [0.3, 0.4) is 0 Å². The molecule has 2 saturated carbocycles. The summed E-state index contributed by atoms with van der Waals surface area (Å²) in [5.41, 5.74) is 1.61. The molecule has 5 fully saturated rings. The number of aliphatic hydroxyl groups is 1. The first-order chi connectivity index (χ1) is 12.9. The Bertz CT molecular complexity index is 789. The normalized spacial score (nSPS) is 52.8. The third-order valence-electron chi connectivity index (χ3n) is 9.48. The molecule has 0 amide bonds. The zero-order chi connectivity index (χ0) is 18.7. The number of rotatable bonds is 1. The van der Waals surface area contributed by atoms with E-state index in [1.54, 1.807) is 0 Å². The van der Waals surface area contributed by atoms with Crippen molar-refractivity contribution in [3.63, 3.8) is 0 Å². The molecule has 4 bridgehead atoms. The summed E-state index contributed by atoms with van der Waals surface area (Å²) in [6.45, 7) is 4.08. The zero-order valence-electron chi connectivity index (χ0n) is 16.2. The second-order valence-corrected chi connectivity index (χ2v) is 10.1. The lowest BCUT2D eigenvalue weighted by molar-refractivity contribution is -0.174. The fraction of sp³-hybridized carbons (Fsp3) is 0.818. The third kappa shape index (κ3) is 1.63. The summed E-state index contributed by atoms with van der Waals surface area (Å²) in [5.74, 6) is 0.751. The fourth-order valence-electron chi connectivity index (χ4n) is 8.64. The quantitative estimate of drug-likeness (QED) is 0.564. The molecule has 0 radical (unpaired) electrons. The number of aliphatic hydroxyl groups excluding tert-OH is 1. The van der Waals surface area contributed by atoms with Crippen LogP contribution in [-0.4, -0.2) is 53.6 Å². The van der Waals surface area contributed by atoms with Crippen LogP contribution >= 0.6 is 0 Å². The Balaban J connectivity index is 1.61. The summed E-state index contributed by atoms with van der Waals surface area (Å²) < 4.78 is 5.17. The standard InChI is InChI=1S/C22H29NO4/c1-11-9-23-10-13-4-3-12-5-6-14-15(19(25)27-2)7-21(17(12)14)18(13)16(24)8-22(11,23)20(21)26/h11,13-16,18,24H,3-10H2,1-2H3/t11-,13-,14-,15-,16-,18-,21-,22-/m1/s1. The average molecular weight is 371 g/mol. The summed E-state index contributed by atoms with van der Waals surface area (Å²) in [6.07, 6.45) is 4.83. The molecule has 7 aliphatic rings. The van der Waals surface area contributed by atoms with Crippen LogP contribution in [0, 0.1) is 35.0 Å². The largest absolute Gasteiger partial charge is 0.469 e. The molecule has 2 spiro atoms. The Morgan fingerprint density at radius 2 is 2.00 bits per heavy atom. The molecular weight excluding hydrogens is 342 g/mol. The van der Waals surface area contributed by atoms with Gasteiger partial charge in [-0.05, 0) is 56.3 Å². The van der Waals surface area contributed by atoms with Crippen LogP contribution in [0.25, 0.3) is 0 Å². The van der Waals surface area contributed by atoms with Crippen molar-refractivity contribution in [1.29, 1.82) is 0 Å². The maximum Gasteiger partial charge on any atom is 0.309 e. The van der Waals surface area contributed by atoms with Gasteiger partial charge in [-0.3, -0.25) is 14.5 Å². The Morgan fingerprint density at radius 1 is 1.22 bits per heavy atom. The SMILES string of the molecule is COC(=O)[C@@H]1C[C@]23C(=O)[C@]45C[C@@H](O)[C@H]2[C@H](CCC2=C3[C@@H]1CC2)CN4C[C@H]5C. The van der Waals surface area contributed by atoms with Crippen molar-refractivity contribution in [1.82, 2.24) is 4.90 Å². The monoisotopic (exact) mass is 371 g/mol. The molecule has 0 aromatic carbocycles. The topological polar surface area (TPSA) is 66.8 Å². The van der Waals surface area contributed by atoms with Crippen molar-refractivity contribution in [3.8, 4) is 0 Å². The number of fused-ring (bicyclic) bond motifs is 1. The van der Waals surface area contributed by atoms with E-state index in [-0.39, 0.29) is 29.6 Å². The van der Waals surface area contributed by atoms with Crippen molar-refractivity contribution >= 4 is 11.8 Å². The molecule has 8 atom stereocenters.